The summed E-state index contributed by atoms with van der Waals surface area (Å²) < 4.78 is 0. The van der Waals surface area contributed by atoms with Gasteiger partial charge in [0, 0.05) is 54.6 Å². The van der Waals surface area contributed by atoms with E-state index in [-0.39, 0.29) is 22.6 Å². The fourth-order valence-corrected chi connectivity index (χ4v) is 3.47. The number of anilines is 2. The number of piperazine rings is 1. The summed E-state index contributed by atoms with van der Waals surface area (Å²) in [7, 11) is 0. The van der Waals surface area contributed by atoms with E-state index in [2.05, 4.69) is 10.2 Å². The number of hydrogen-bond donors (Lipinski definition) is 1. The minimum atomic E-state index is -0.379. The zero-order chi connectivity index (χ0) is 20.3. The van der Waals surface area contributed by atoms with Crippen molar-refractivity contribution in [3.05, 3.63) is 63.2 Å². The number of hydrogen-bond acceptors (Lipinski definition) is 5. The van der Waals surface area contributed by atoms with Gasteiger partial charge in [-0.25, -0.2) is 0 Å². The Bertz CT molecular complexity index is 880. The van der Waals surface area contributed by atoms with Crippen molar-refractivity contribution in [3.63, 3.8) is 0 Å². The Kier molecular flexibility index (Phi) is 6.04. The van der Waals surface area contributed by atoms with Gasteiger partial charge in [-0.2, -0.15) is 0 Å². The molecule has 0 bridgehead atoms. The van der Waals surface area contributed by atoms with E-state index in [0.717, 1.165) is 5.69 Å². The second-order valence-electron chi connectivity index (χ2n) is 7.05. The minimum absolute atomic E-state index is 0.0342. The van der Waals surface area contributed by atoms with E-state index in [1.165, 1.54) is 6.07 Å². The number of benzene rings is 2. The third-order valence-electron chi connectivity index (χ3n) is 4.62. The summed E-state index contributed by atoms with van der Waals surface area (Å²) in [4.78, 5) is 27.5. The van der Waals surface area contributed by atoms with Gasteiger partial charge in [-0.1, -0.05) is 17.7 Å². The summed E-state index contributed by atoms with van der Waals surface area (Å²) >= 11 is 5.98. The Morgan fingerprint density at radius 2 is 1.86 bits per heavy atom. The van der Waals surface area contributed by atoms with E-state index in [4.69, 9.17) is 11.6 Å². The summed E-state index contributed by atoms with van der Waals surface area (Å²) in [5, 5.41) is 15.0. The predicted octanol–water partition coefficient (Wildman–Crippen LogP) is 4.03. The van der Waals surface area contributed by atoms with Crippen molar-refractivity contribution >= 4 is 34.6 Å². The van der Waals surface area contributed by atoms with Crippen LogP contribution < -0.4 is 10.2 Å². The molecule has 1 N–H and O–H groups in total. The maximum absolute atomic E-state index is 12.7. The summed E-state index contributed by atoms with van der Waals surface area (Å²) in [5.74, 6) is -0.0342. The SMILES string of the molecule is CC(C)Nc1cc(N2CCN(C(=O)c3cccc(Cl)c3)CC2)ccc1[N+](=O)[O-]. The van der Waals surface area contributed by atoms with Crippen molar-refractivity contribution in [1.82, 2.24) is 4.90 Å². The van der Waals surface area contributed by atoms with Gasteiger partial charge in [-0.3, -0.25) is 14.9 Å². The normalized spacial score (nSPS) is 14.3. The predicted molar refractivity (Wildman–Crippen MR) is 111 cm³/mol. The highest BCUT2D eigenvalue weighted by atomic mass is 35.5. The molecule has 1 fully saturated rings. The molecule has 148 valence electrons. The van der Waals surface area contributed by atoms with Crippen LogP contribution in [0.15, 0.2) is 42.5 Å². The highest BCUT2D eigenvalue weighted by Crippen LogP contribution is 2.30. The van der Waals surface area contributed by atoms with Crippen LogP contribution >= 0.6 is 11.6 Å². The zero-order valence-electron chi connectivity index (χ0n) is 15.9. The van der Waals surface area contributed by atoms with Crippen molar-refractivity contribution in [3.8, 4) is 0 Å². The lowest BCUT2D eigenvalue weighted by Gasteiger charge is -2.36. The number of carbonyl (C=O) groups excluding carboxylic acids is 1. The lowest BCUT2D eigenvalue weighted by atomic mass is 10.1. The second kappa shape index (κ2) is 8.48. The number of amides is 1. The molecule has 3 rings (SSSR count). The van der Waals surface area contributed by atoms with Crippen LogP contribution in [0.4, 0.5) is 17.1 Å². The number of nitro benzene ring substituents is 1. The van der Waals surface area contributed by atoms with E-state index < -0.39 is 0 Å². The summed E-state index contributed by atoms with van der Waals surface area (Å²) in [6.45, 7) is 6.36. The summed E-state index contributed by atoms with van der Waals surface area (Å²) in [5.41, 5.74) is 2.06. The first kappa shape index (κ1) is 19.9. The number of halogens is 1. The Morgan fingerprint density at radius 3 is 2.46 bits per heavy atom. The van der Waals surface area contributed by atoms with Gasteiger partial charge in [0.25, 0.3) is 11.6 Å². The molecule has 0 radical (unpaired) electrons. The number of rotatable bonds is 5. The van der Waals surface area contributed by atoms with E-state index >= 15 is 0 Å². The minimum Gasteiger partial charge on any atom is -0.377 e. The van der Waals surface area contributed by atoms with Crippen LogP contribution in [-0.2, 0) is 0 Å². The van der Waals surface area contributed by atoms with Crippen molar-refractivity contribution in [2.45, 2.75) is 19.9 Å². The molecule has 1 aliphatic heterocycles. The first-order valence-electron chi connectivity index (χ1n) is 9.20. The van der Waals surface area contributed by atoms with E-state index in [1.807, 2.05) is 19.9 Å². The largest absolute Gasteiger partial charge is 0.377 e. The van der Waals surface area contributed by atoms with Crippen LogP contribution in [0, 0.1) is 10.1 Å². The Hall–Kier alpha value is -2.80. The molecule has 28 heavy (non-hydrogen) atoms. The molecular formula is C20H23ClN4O3. The topological polar surface area (TPSA) is 78.7 Å². The van der Waals surface area contributed by atoms with Crippen molar-refractivity contribution in [1.29, 1.82) is 0 Å². The van der Waals surface area contributed by atoms with Crippen molar-refractivity contribution < 1.29 is 9.72 Å². The highest BCUT2D eigenvalue weighted by molar-refractivity contribution is 6.30. The first-order valence-corrected chi connectivity index (χ1v) is 9.57. The van der Waals surface area contributed by atoms with Gasteiger partial charge in [-0.15, -0.1) is 0 Å². The molecule has 1 heterocycles. The number of nitrogens with one attached hydrogen (secondary N) is 1. The van der Waals surface area contributed by atoms with Crippen LogP contribution in [0.5, 0.6) is 0 Å². The average molecular weight is 403 g/mol. The van der Waals surface area contributed by atoms with Gasteiger partial charge in [0.05, 0.1) is 4.92 Å². The Morgan fingerprint density at radius 1 is 1.14 bits per heavy atom. The molecule has 0 aromatic heterocycles. The molecule has 1 saturated heterocycles. The summed E-state index contributed by atoms with van der Waals surface area (Å²) in [6, 6.07) is 12.1. The molecule has 0 unspecified atom stereocenters. The van der Waals surface area contributed by atoms with Gasteiger partial charge in [0.15, 0.2) is 0 Å². The average Bonchev–Trinajstić information content (AvgIpc) is 2.67. The summed E-state index contributed by atoms with van der Waals surface area (Å²) in [6.07, 6.45) is 0. The molecule has 7 nitrogen and oxygen atoms in total. The van der Waals surface area contributed by atoms with Gasteiger partial charge in [-0.05, 0) is 44.2 Å². The van der Waals surface area contributed by atoms with Crippen LogP contribution in [0.3, 0.4) is 0 Å². The van der Waals surface area contributed by atoms with Crippen LogP contribution in [-0.4, -0.2) is 48.0 Å². The molecule has 1 aliphatic rings. The number of nitrogens with zero attached hydrogens (tertiary/aromatic N) is 3. The molecule has 2 aromatic carbocycles. The molecule has 8 heteroatoms. The van der Waals surface area contributed by atoms with Gasteiger partial charge in [0.2, 0.25) is 0 Å². The molecule has 0 spiro atoms. The van der Waals surface area contributed by atoms with Gasteiger partial charge in [0.1, 0.15) is 5.69 Å². The third-order valence-corrected chi connectivity index (χ3v) is 4.86. The second-order valence-corrected chi connectivity index (χ2v) is 7.48. The lowest BCUT2D eigenvalue weighted by molar-refractivity contribution is -0.384. The first-order chi connectivity index (χ1) is 13.3. The van der Waals surface area contributed by atoms with E-state index in [1.54, 1.807) is 35.2 Å². The van der Waals surface area contributed by atoms with Crippen LogP contribution in [0.2, 0.25) is 5.02 Å². The smallest absolute Gasteiger partial charge is 0.292 e. The molecular weight excluding hydrogens is 380 g/mol. The third kappa shape index (κ3) is 4.54. The zero-order valence-corrected chi connectivity index (χ0v) is 16.6. The Labute approximate surface area is 169 Å². The quantitative estimate of drug-likeness (QED) is 0.603. The van der Waals surface area contributed by atoms with E-state index in [0.29, 0.717) is 42.5 Å². The number of carbonyl (C=O) groups is 1. The van der Waals surface area contributed by atoms with Crippen LogP contribution in [0.25, 0.3) is 0 Å². The van der Waals surface area contributed by atoms with Gasteiger partial charge < -0.3 is 15.1 Å². The maximum atomic E-state index is 12.7. The van der Waals surface area contributed by atoms with Crippen molar-refractivity contribution in [2.75, 3.05) is 36.4 Å². The van der Waals surface area contributed by atoms with Crippen LogP contribution in [0.1, 0.15) is 24.2 Å². The molecule has 0 saturated carbocycles. The fourth-order valence-electron chi connectivity index (χ4n) is 3.28. The van der Waals surface area contributed by atoms with E-state index in [9.17, 15) is 14.9 Å². The highest BCUT2D eigenvalue weighted by Gasteiger charge is 2.24. The number of nitro groups is 1. The standard InChI is InChI=1S/C20H23ClN4O3/c1-14(2)22-18-13-17(6-7-19(18)25(27)28)23-8-10-24(11-9-23)20(26)15-4-3-5-16(21)12-15/h3-7,12-14,22H,8-11H2,1-2H3. The maximum Gasteiger partial charge on any atom is 0.292 e. The molecule has 0 aliphatic carbocycles. The molecule has 1 amide bonds. The Balaban J connectivity index is 1.70. The van der Waals surface area contributed by atoms with Gasteiger partial charge >= 0.3 is 0 Å². The molecule has 0 atom stereocenters. The molecule has 2 aromatic rings. The monoisotopic (exact) mass is 402 g/mol. The van der Waals surface area contributed by atoms with Crippen molar-refractivity contribution in [2.24, 2.45) is 0 Å². The fraction of sp³-hybridized carbons (Fsp3) is 0.350. The lowest BCUT2D eigenvalue weighted by Crippen LogP contribution is -2.48.